The highest BCUT2D eigenvalue weighted by atomic mass is 32.2. The van der Waals surface area contributed by atoms with Crippen LogP contribution in [0, 0.1) is 27.7 Å². The van der Waals surface area contributed by atoms with E-state index in [1.807, 2.05) is 88.4 Å². The first-order valence-electron chi connectivity index (χ1n) is 16.9. The predicted octanol–water partition coefficient (Wildman–Crippen LogP) is 7.20. The zero-order valence-corrected chi connectivity index (χ0v) is 29.3. The van der Waals surface area contributed by atoms with Gasteiger partial charge >= 0.3 is 0 Å². The second kappa shape index (κ2) is 15.6. The molecule has 1 aliphatic rings. The quantitative estimate of drug-likeness (QED) is 0.173. The van der Waals surface area contributed by atoms with E-state index in [1.165, 1.54) is 4.31 Å². The van der Waals surface area contributed by atoms with Crippen LogP contribution in [0.1, 0.15) is 65.5 Å². The molecule has 48 heavy (non-hydrogen) atoms. The molecule has 1 aliphatic carbocycles. The number of sulfonamides is 1. The highest BCUT2D eigenvalue weighted by Crippen LogP contribution is 2.30. The van der Waals surface area contributed by atoms with E-state index in [9.17, 15) is 18.0 Å². The predicted molar refractivity (Wildman–Crippen MR) is 192 cm³/mol. The van der Waals surface area contributed by atoms with Crippen molar-refractivity contribution in [1.29, 1.82) is 0 Å². The molecule has 0 spiro atoms. The number of hydrogen-bond acceptors (Lipinski definition) is 4. The summed E-state index contributed by atoms with van der Waals surface area (Å²) in [5.41, 5.74) is 5.86. The van der Waals surface area contributed by atoms with Gasteiger partial charge < -0.3 is 10.2 Å². The molecule has 4 aromatic rings. The number of nitrogens with one attached hydrogen (secondary N) is 1. The molecular weight excluding hydrogens is 619 g/mol. The molecule has 5 rings (SSSR count). The molecule has 0 radical (unpaired) electrons. The summed E-state index contributed by atoms with van der Waals surface area (Å²) in [5.74, 6) is -0.667. The fourth-order valence-corrected chi connectivity index (χ4v) is 7.93. The number of aryl methyl sites for hydroxylation is 3. The standard InChI is InChI=1S/C40H47N3O4S/c1-29-21-23-36(24-22-29)48(46,47)43(37-20-12-14-31(3)32(37)4)28-39(44)42(27-34-17-11-13-30(2)25-34)38(26-33-15-7-5-8-16-33)40(45)41-35-18-9-6-10-19-35/h5,7-8,11-17,20-25,35,38H,6,9-10,18-19,26-28H2,1-4H3,(H,41,45)/t38-/m0/s1. The molecule has 4 aromatic carbocycles. The van der Waals surface area contributed by atoms with Gasteiger partial charge in [-0.25, -0.2) is 8.42 Å². The third kappa shape index (κ3) is 8.53. The average molecular weight is 666 g/mol. The molecule has 1 N–H and O–H groups in total. The van der Waals surface area contributed by atoms with Crippen LogP contribution in [0.2, 0.25) is 0 Å². The Hall–Kier alpha value is -4.43. The van der Waals surface area contributed by atoms with E-state index in [1.54, 1.807) is 41.3 Å². The Morgan fingerprint density at radius 2 is 1.44 bits per heavy atom. The lowest BCUT2D eigenvalue weighted by atomic mass is 9.94. The van der Waals surface area contributed by atoms with Gasteiger partial charge in [0.2, 0.25) is 11.8 Å². The first-order chi connectivity index (χ1) is 23.0. The van der Waals surface area contributed by atoms with Crippen LogP contribution in [0.4, 0.5) is 5.69 Å². The van der Waals surface area contributed by atoms with Crippen molar-refractivity contribution in [3.63, 3.8) is 0 Å². The van der Waals surface area contributed by atoms with Gasteiger partial charge in [0.15, 0.2) is 0 Å². The van der Waals surface area contributed by atoms with Crippen molar-refractivity contribution in [1.82, 2.24) is 10.2 Å². The second-order valence-corrected chi connectivity index (χ2v) is 15.0. The average Bonchev–Trinajstić information content (AvgIpc) is 3.07. The third-order valence-electron chi connectivity index (χ3n) is 9.39. The molecular formula is C40H47N3O4S. The molecule has 1 atom stereocenters. The molecule has 8 heteroatoms. The molecule has 252 valence electrons. The van der Waals surface area contributed by atoms with Gasteiger partial charge in [-0.05, 0) is 81.0 Å². The van der Waals surface area contributed by atoms with Crippen LogP contribution >= 0.6 is 0 Å². The van der Waals surface area contributed by atoms with Crippen LogP contribution in [0.25, 0.3) is 0 Å². The monoisotopic (exact) mass is 665 g/mol. The molecule has 0 aliphatic heterocycles. The molecule has 7 nitrogen and oxygen atoms in total. The maximum Gasteiger partial charge on any atom is 0.264 e. The number of benzene rings is 4. The Morgan fingerprint density at radius 3 is 2.12 bits per heavy atom. The number of nitrogens with zero attached hydrogens (tertiary/aromatic N) is 2. The van der Waals surface area contributed by atoms with E-state index in [0.29, 0.717) is 12.1 Å². The van der Waals surface area contributed by atoms with E-state index in [0.717, 1.165) is 65.5 Å². The minimum Gasteiger partial charge on any atom is -0.352 e. The van der Waals surface area contributed by atoms with Crippen molar-refractivity contribution in [3.8, 4) is 0 Å². The van der Waals surface area contributed by atoms with Crippen molar-refractivity contribution < 1.29 is 18.0 Å². The molecule has 1 saturated carbocycles. The van der Waals surface area contributed by atoms with Crippen molar-refractivity contribution >= 4 is 27.5 Å². The SMILES string of the molecule is Cc1ccc(S(=O)(=O)N(CC(=O)N(Cc2cccc(C)c2)[C@@H](Cc2ccccc2)C(=O)NC2CCCCC2)c2cccc(C)c2C)cc1. The molecule has 1 fully saturated rings. The van der Waals surface area contributed by atoms with Gasteiger partial charge in [-0.15, -0.1) is 0 Å². The fourth-order valence-electron chi connectivity index (χ4n) is 6.46. The number of anilines is 1. The maximum absolute atomic E-state index is 14.8. The van der Waals surface area contributed by atoms with Gasteiger partial charge in [0.25, 0.3) is 10.0 Å². The highest BCUT2D eigenvalue weighted by molar-refractivity contribution is 7.92. The van der Waals surface area contributed by atoms with E-state index < -0.39 is 28.5 Å². The normalized spacial score (nSPS) is 14.2. The molecule has 0 bridgehead atoms. The number of hydrogen-bond donors (Lipinski definition) is 1. The molecule has 2 amide bonds. The van der Waals surface area contributed by atoms with Crippen LogP contribution < -0.4 is 9.62 Å². The lowest BCUT2D eigenvalue weighted by Crippen LogP contribution is -2.55. The molecule has 0 unspecified atom stereocenters. The van der Waals surface area contributed by atoms with Gasteiger partial charge in [0, 0.05) is 19.0 Å². The summed E-state index contributed by atoms with van der Waals surface area (Å²) >= 11 is 0. The Bertz CT molecular complexity index is 1820. The summed E-state index contributed by atoms with van der Waals surface area (Å²) in [6.45, 7) is 7.37. The maximum atomic E-state index is 14.8. The van der Waals surface area contributed by atoms with E-state index >= 15 is 0 Å². The van der Waals surface area contributed by atoms with Crippen molar-refractivity contribution in [2.45, 2.75) is 89.7 Å². The minimum atomic E-state index is -4.16. The topological polar surface area (TPSA) is 86.8 Å². The van der Waals surface area contributed by atoms with Crippen LogP contribution in [-0.4, -0.2) is 43.8 Å². The van der Waals surface area contributed by atoms with Gasteiger partial charge in [-0.2, -0.15) is 0 Å². The van der Waals surface area contributed by atoms with Crippen LogP contribution in [-0.2, 0) is 32.6 Å². The van der Waals surface area contributed by atoms with E-state index in [4.69, 9.17) is 0 Å². The fraction of sp³-hybridized carbons (Fsp3) is 0.350. The second-order valence-electron chi connectivity index (χ2n) is 13.1. The first-order valence-corrected chi connectivity index (χ1v) is 18.3. The minimum absolute atomic E-state index is 0.0498. The third-order valence-corrected chi connectivity index (χ3v) is 11.2. The van der Waals surface area contributed by atoms with Crippen LogP contribution in [0.15, 0.2) is 102 Å². The first kappa shape index (κ1) is 34.9. The highest BCUT2D eigenvalue weighted by Gasteiger charge is 2.36. The molecule has 0 aromatic heterocycles. The Balaban J connectivity index is 1.59. The summed E-state index contributed by atoms with van der Waals surface area (Å²) in [5, 5.41) is 3.27. The lowest BCUT2D eigenvalue weighted by Gasteiger charge is -2.35. The van der Waals surface area contributed by atoms with Crippen LogP contribution in [0.3, 0.4) is 0 Å². The number of carbonyl (C=O) groups excluding carboxylic acids is 2. The largest absolute Gasteiger partial charge is 0.352 e. The lowest BCUT2D eigenvalue weighted by molar-refractivity contribution is -0.140. The zero-order chi connectivity index (χ0) is 34.3. The Morgan fingerprint density at radius 1 is 0.771 bits per heavy atom. The molecule has 0 saturated heterocycles. The summed E-state index contributed by atoms with van der Waals surface area (Å²) in [6, 6.07) is 28.9. The number of carbonyl (C=O) groups is 2. The Labute approximate surface area is 286 Å². The van der Waals surface area contributed by atoms with Crippen LogP contribution in [0.5, 0.6) is 0 Å². The van der Waals surface area contributed by atoms with Crippen molar-refractivity contribution in [3.05, 3.63) is 130 Å². The summed E-state index contributed by atoms with van der Waals surface area (Å²) in [4.78, 5) is 30.8. The molecule has 0 heterocycles. The van der Waals surface area contributed by atoms with Crippen molar-refractivity contribution in [2.75, 3.05) is 10.8 Å². The van der Waals surface area contributed by atoms with Gasteiger partial charge in [-0.3, -0.25) is 13.9 Å². The van der Waals surface area contributed by atoms with Gasteiger partial charge in [0.05, 0.1) is 10.6 Å². The van der Waals surface area contributed by atoms with Gasteiger partial charge in [-0.1, -0.05) is 109 Å². The number of amides is 2. The number of rotatable bonds is 12. The summed E-state index contributed by atoms with van der Waals surface area (Å²) < 4.78 is 30.0. The summed E-state index contributed by atoms with van der Waals surface area (Å²) in [6.07, 6.45) is 5.38. The smallest absolute Gasteiger partial charge is 0.264 e. The summed E-state index contributed by atoms with van der Waals surface area (Å²) in [7, 11) is -4.16. The Kier molecular flexibility index (Phi) is 11.4. The zero-order valence-electron chi connectivity index (χ0n) is 28.5. The van der Waals surface area contributed by atoms with E-state index in [-0.39, 0.29) is 23.4 Å². The van der Waals surface area contributed by atoms with Crippen molar-refractivity contribution in [2.24, 2.45) is 0 Å². The van der Waals surface area contributed by atoms with Gasteiger partial charge in [0.1, 0.15) is 12.6 Å². The van der Waals surface area contributed by atoms with E-state index in [2.05, 4.69) is 5.32 Å².